The third-order valence-corrected chi connectivity index (χ3v) is 7.50. The maximum atomic E-state index is 13.9. The molecule has 2 saturated heterocycles. The number of fused-ring (bicyclic) bond motifs is 1. The number of benzene rings is 2. The minimum absolute atomic E-state index is 0.0299. The van der Waals surface area contributed by atoms with Gasteiger partial charge in [0.1, 0.15) is 11.6 Å². The molecular formula is C22H25FN2O5S. The van der Waals surface area contributed by atoms with Gasteiger partial charge in [0.25, 0.3) is 5.91 Å². The van der Waals surface area contributed by atoms with E-state index in [0.29, 0.717) is 16.9 Å². The van der Waals surface area contributed by atoms with Crippen molar-refractivity contribution < 1.29 is 27.1 Å². The molecule has 0 aliphatic carbocycles. The number of nitrogens with zero attached hydrogens (tertiary/aromatic N) is 2. The lowest BCUT2D eigenvalue weighted by Gasteiger charge is -2.28. The maximum Gasteiger partial charge on any atom is 0.257 e. The van der Waals surface area contributed by atoms with Gasteiger partial charge in [-0.25, -0.2) is 12.8 Å². The summed E-state index contributed by atoms with van der Waals surface area (Å²) in [5, 5.41) is 0. The van der Waals surface area contributed by atoms with E-state index < -0.39 is 28.0 Å². The first-order valence-electron chi connectivity index (χ1n) is 10.1. The Hall–Kier alpha value is -2.49. The summed E-state index contributed by atoms with van der Waals surface area (Å²) < 4.78 is 52.4. The van der Waals surface area contributed by atoms with Crippen molar-refractivity contribution in [1.82, 2.24) is 9.21 Å². The zero-order valence-electron chi connectivity index (χ0n) is 17.5. The summed E-state index contributed by atoms with van der Waals surface area (Å²) in [6.45, 7) is 2.31. The van der Waals surface area contributed by atoms with E-state index in [1.807, 2.05) is 0 Å². The normalized spacial score (nSPS) is 23.3. The fourth-order valence-corrected chi connectivity index (χ4v) is 5.78. The number of hydrogen-bond donors (Lipinski definition) is 0. The number of hydrogen-bond acceptors (Lipinski definition) is 5. The molecule has 31 heavy (non-hydrogen) atoms. The molecule has 0 aromatic heterocycles. The smallest absolute Gasteiger partial charge is 0.257 e. The Morgan fingerprint density at radius 1 is 1.23 bits per heavy atom. The van der Waals surface area contributed by atoms with Gasteiger partial charge in [-0.15, -0.1) is 0 Å². The molecular weight excluding hydrogens is 423 g/mol. The summed E-state index contributed by atoms with van der Waals surface area (Å²) in [5.74, 6) is -0.336. The van der Waals surface area contributed by atoms with Gasteiger partial charge >= 0.3 is 0 Å². The zero-order valence-corrected chi connectivity index (χ0v) is 18.3. The van der Waals surface area contributed by atoms with E-state index in [0.717, 1.165) is 5.56 Å². The Balaban J connectivity index is 1.62. The lowest BCUT2D eigenvalue weighted by molar-refractivity contribution is 0.0444. The van der Waals surface area contributed by atoms with E-state index in [-0.39, 0.29) is 37.9 Å². The summed E-state index contributed by atoms with van der Waals surface area (Å²) in [4.78, 5) is 14.7. The van der Waals surface area contributed by atoms with Crippen LogP contribution in [0.4, 0.5) is 4.39 Å². The van der Waals surface area contributed by atoms with Crippen molar-refractivity contribution in [2.75, 3.05) is 32.6 Å². The van der Waals surface area contributed by atoms with Crippen LogP contribution >= 0.6 is 0 Å². The molecule has 9 heteroatoms. The molecule has 4 rings (SSSR count). The molecule has 1 amide bonds. The molecule has 2 aliphatic rings. The van der Waals surface area contributed by atoms with Crippen LogP contribution in [0.5, 0.6) is 5.75 Å². The molecule has 0 radical (unpaired) electrons. The van der Waals surface area contributed by atoms with Crippen molar-refractivity contribution in [2.45, 2.75) is 25.6 Å². The highest BCUT2D eigenvalue weighted by atomic mass is 32.2. The summed E-state index contributed by atoms with van der Waals surface area (Å²) in [5.41, 5.74) is 1.70. The van der Waals surface area contributed by atoms with Crippen LogP contribution in [0.2, 0.25) is 0 Å². The van der Waals surface area contributed by atoms with Crippen LogP contribution in [0.3, 0.4) is 0 Å². The van der Waals surface area contributed by atoms with Gasteiger partial charge in [-0.2, -0.15) is 4.31 Å². The van der Waals surface area contributed by atoms with Gasteiger partial charge < -0.3 is 14.4 Å². The topological polar surface area (TPSA) is 76.1 Å². The maximum absolute atomic E-state index is 13.9. The monoisotopic (exact) mass is 448 g/mol. The van der Waals surface area contributed by atoms with Crippen LogP contribution < -0.4 is 4.74 Å². The standard InChI is InChI=1S/C22H25FN2O5S/c1-15-9-16(11-17(23)10-15)12-25-19-13-24(14-21(19)30-7-8-31(25,27)28)22(26)18-5-3-4-6-20(18)29-2/h3-6,9-11,19,21H,7-8,12-14H2,1-2H3/t19-,21+/m1/s1. The second-order valence-electron chi connectivity index (χ2n) is 7.89. The third kappa shape index (κ3) is 4.44. The lowest BCUT2D eigenvalue weighted by Crippen LogP contribution is -2.45. The first-order valence-corrected chi connectivity index (χ1v) is 11.7. The quantitative estimate of drug-likeness (QED) is 0.717. The van der Waals surface area contributed by atoms with Gasteiger partial charge in [0.05, 0.1) is 37.2 Å². The Morgan fingerprint density at radius 3 is 2.74 bits per heavy atom. The molecule has 2 aromatic rings. The minimum Gasteiger partial charge on any atom is -0.496 e. The highest BCUT2D eigenvalue weighted by Gasteiger charge is 2.46. The summed E-state index contributed by atoms with van der Waals surface area (Å²) >= 11 is 0. The molecule has 0 unspecified atom stereocenters. The van der Waals surface area contributed by atoms with E-state index >= 15 is 0 Å². The minimum atomic E-state index is -3.64. The van der Waals surface area contributed by atoms with Gasteiger partial charge in [-0.1, -0.05) is 18.2 Å². The molecule has 0 saturated carbocycles. The van der Waals surface area contributed by atoms with Crippen LogP contribution in [0.25, 0.3) is 0 Å². The number of carbonyl (C=O) groups is 1. The number of methoxy groups -OCH3 is 1. The number of ether oxygens (including phenoxy) is 2. The Labute approximate surface area is 181 Å². The molecule has 2 fully saturated rings. The molecule has 2 aliphatic heterocycles. The van der Waals surface area contributed by atoms with E-state index in [9.17, 15) is 17.6 Å². The van der Waals surface area contributed by atoms with Crippen molar-refractivity contribution in [1.29, 1.82) is 0 Å². The fraction of sp³-hybridized carbons (Fsp3) is 0.409. The van der Waals surface area contributed by atoms with Crippen LogP contribution in [-0.2, 0) is 21.3 Å². The summed E-state index contributed by atoms with van der Waals surface area (Å²) in [6.07, 6.45) is -0.453. The summed E-state index contributed by atoms with van der Waals surface area (Å²) in [6, 6.07) is 10.9. The van der Waals surface area contributed by atoms with Crippen LogP contribution in [0.15, 0.2) is 42.5 Å². The van der Waals surface area contributed by atoms with E-state index in [1.165, 1.54) is 23.5 Å². The van der Waals surface area contributed by atoms with Crippen LogP contribution in [0.1, 0.15) is 21.5 Å². The molecule has 2 atom stereocenters. The number of rotatable bonds is 4. The van der Waals surface area contributed by atoms with Crippen molar-refractivity contribution in [2.24, 2.45) is 0 Å². The molecule has 166 valence electrons. The fourth-order valence-electron chi connectivity index (χ4n) is 4.28. The SMILES string of the molecule is COc1ccccc1C(=O)N1C[C@@H]2OCCS(=O)(=O)N(Cc3cc(C)cc(F)c3)[C@@H]2C1. The first kappa shape index (κ1) is 21.7. The summed E-state index contributed by atoms with van der Waals surface area (Å²) in [7, 11) is -2.14. The van der Waals surface area contributed by atoms with Gasteiger partial charge in [0, 0.05) is 19.6 Å². The molecule has 0 bridgehead atoms. The predicted octanol–water partition coefficient (Wildman–Crippen LogP) is 2.20. The average Bonchev–Trinajstić information content (AvgIpc) is 3.09. The number of aryl methyl sites for hydroxylation is 1. The number of para-hydroxylation sites is 1. The van der Waals surface area contributed by atoms with E-state index in [2.05, 4.69) is 0 Å². The molecule has 0 N–H and O–H groups in total. The lowest BCUT2D eigenvalue weighted by atomic mass is 10.1. The highest BCUT2D eigenvalue weighted by molar-refractivity contribution is 7.89. The molecule has 2 aromatic carbocycles. The van der Waals surface area contributed by atoms with Crippen LogP contribution in [0, 0.1) is 12.7 Å². The third-order valence-electron chi connectivity index (χ3n) is 5.70. The first-order chi connectivity index (χ1) is 14.8. The highest BCUT2D eigenvalue weighted by Crippen LogP contribution is 2.29. The molecule has 7 nitrogen and oxygen atoms in total. The second kappa shape index (κ2) is 8.57. The second-order valence-corrected chi connectivity index (χ2v) is 9.93. The van der Waals surface area contributed by atoms with Crippen molar-refractivity contribution in [3.05, 3.63) is 65.0 Å². The van der Waals surface area contributed by atoms with Crippen molar-refractivity contribution >= 4 is 15.9 Å². The van der Waals surface area contributed by atoms with Gasteiger partial charge in [0.2, 0.25) is 10.0 Å². The predicted molar refractivity (Wildman–Crippen MR) is 113 cm³/mol. The Bertz CT molecular complexity index is 1070. The number of halogens is 1. The zero-order chi connectivity index (χ0) is 22.2. The van der Waals surface area contributed by atoms with Crippen LogP contribution in [-0.4, -0.2) is 68.2 Å². The molecule has 2 heterocycles. The van der Waals surface area contributed by atoms with Crippen molar-refractivity contribution in [3.63, 3.8) is 0 Å². The van der Waals surface area contributed by atoms with Gasteiger partial charge in [0.15, 0.2) is 0 Å². The van der Waals surface area contributed by atoms with Gasteiger partial charge in [-0.05, 0) is 42.3 Å². The van der Waals surface area contributed by atoms with E-state index in [4.69, 9.17) is 9.47 Å². The number of likely N-dealkylation sites (tertiary alicyclic amines) is 1. The number of amides is 1. The molecule has 0 spiro atoms. The Morgan fingerprint density at radius 2 is 2.00 bits per heavy atom. The van der Waals surface area contributed by atoms with Crippen molar-refractivity contribution in [3.8, 4) is 5.75 Å². The number of sulfonamides is 1. The average molecular weight is 449 g/mol. The van der Waals surface area contributed by atoms with E-state index in [1.54, 1.807) is 42.2 Å². The number of carbonyl (C=O) groups excluding carboxylic acids is 1. The van der Waals surface area contributed by atoms with Gasteiger partial charge in [-0.3, -0.25) is 4.79 Å². The largest absolute Gasteiger partial charge is 0.496 e. The Kier molecular flexibility index (Phi) is 6.00.